The van der Waals surface area contributed by atoms with E-state index in [2.05, 4.69) is 23.6 Å². The monoisotopic (exact) mass is 375 g/mol. The molecular formula is C19H25N3O3S. The molecule has 26 heavy (non-hydrogen) atoms. The van der Waals surface area contributed by atoms with Crippen molar-refractivity contribution in [1.82, 2.24) is 14.6 Å². The average molecular weight is 375 g/mol. The molecule has 0 aliphatic heterocycles. The van der Waals surface area contributed by atoms with Gasteiger partial charge >= 0.3 is 0 Å². The van der Waals surface area contributed by atoms with E-state index in [4.69, 9.17) is 0 Å². The van der Waals surface area contributed by atoms with Gasteiger partial charge in [-0.25, -0.2) is 13.1 Å². The number of sulfonamides is 1. The third-order valence-corrected chi connectivity index (χ3v) is 5.53. The molecule has 0 bridgehead atoms. The summed E-state index contributed by atoms with van der Waals surface area (Å²) in [6.45, 7) is 6.33. The van der Waals surface area contributed by atoms with Crippen molar-refractivity contribution in [3.05, 3.63) is 59.9 Å². The van der Waals surface area contributed by atoms with Gasteiger partial charge in [-0.1, -0.05) is 32.0 Å². The average Bonchev–Trinajstić information content (AvgIpc) is 2.61. The second kappa shape index (κ2) is 8.91. The topological polar surface area (TPSA) is 79.4 Å². The maximum Gasteiger partial charge on any atom is 0.240 e. The zero-order chi connectivity index (χ0) is 19.2. The second-order valence-electron chi connectivity index (χ2n) is 6.38. The van der Waals surface area contributed by atoms with Gasteiger partial charge in [-0.05, 0) is 35.7 Å². The number of hydrogen-bond acceptors (Lipinski definition) is 4. The summed E-state index contributed by atoms with van der Waals surface area (Å²) in [6, 6.07) is 12.3. The maximum absolute atomic E-state index is 12.4. The Hall–Kier alpha value is -2.25. The lowest BCUT2D eigenvalue weighted by molar-refractivity contribution is -0.129. The highest BCUT2D eigenvalue weighted by atomic mass is 32.2. The van der Waals surface area contributed by atoms with Crippen LogP contribution in [0, 0.1) is 0 Å². The van der Waals surface area contributed by atoms with Crippen molar-refractivity contribution in [3.8, 4) is 0 Å². The van der Waals surface area contributed by atoms with Crippen molar-refractivity contribution in [1.29, 1.82) is 0 Å². The summed E-state index contributed by atoms with van der Waals surface area (Å²) in [6.07, 6.45) is 1.66. The smallest absolute Gasteiger partial charge is 0.240 e. The molecule has 1 N–H and O–H groups in total. The lowest BCUT2D eigenvalue weighted by Crippen LogP contribution is -2.37. The third kappa shape index (κ3) is 5.64. The van der Waals surface area contributed by atoms with Crippen molar-refractivity contribution >= 4 is 15.9 Å². The van der Waals surface area contributed by atoms with E-state index in [-0.39, 0.29) is 23.9 Å². The van der Waals surface area contributed by atoms with Crippen molar-refractivity contribution in [2.24, 2.45) is 0 Å². The summed E-state index contributed by atoms with van der Waals surface area (Å²) < 4.78 is 27.3. The first kappa shape index (κ1) is 20.1. The van der Waals surface area contributed by atoms with E-state index in [1.165, 1.54) is 6.92 Å². The summed E-state index contributed by atoms with van der Waals surface area (Å²) in [7, 11) is -3.60. The van der Waals surface area contributed by atoms with Gasteiger partial charge in [-0.2, -0.15) is 0 Å². The van der Waals surface area contributed by atoms with Gasteiger partial charge in [0.1, 0.15) is 0 Å². The zero-order valence-electron chi connectivity index (χ0n) is 15.3. The SMILES string of the molecule is CC(=O)N(CCNS(=O)(=O)c1ccc(C(C)C)cc1)Cc1ccccn1. The largest absolute Gasteiger partial charge is 0.336 e. The fourth-order valence-corrected chi connectivity index (χ4v) is 3.49. The maximum atomic E-state index is 12.4. The number of benzene rings is 1. The van der Waals surface area contributed by atoms with Crippen LogP contribution in [0.3, 0.4) is 0 Å². The minimum atomic E-state index is -3.60. The fraction of sp³-hybridized carbons (Fsp3) is 0.368. The van der Waals surface area contributed by atoms with E-state index < -0.39 is 10.0 Å². The molecule has 0 atom stereocenters. The van der Waals surface area contributed by atoms with E-state index in [1.807, 2.05) is 24.3 Å². The minimum absolute atomic E-state index is 0.129. The van der Waals surface area contributed by atoms with E-state index in [0.717, 1.165) is 11.3 Å². The molecule has 2 aromatic rings. The Morgan fingerprint density at radius 3 is 2.38 bits per heavy atom. The highest BCUT2D eigenvalue weighted by molar-refractivity contribution is 7.89. The Morgan fingerprint density at radius 1 is 1.15 bits per heavy atom. The van der Waals surface area contributed by atoms with Gasteiger partial charge in [-0.3, -0.25) is 9.78 Å². The number of aromatic nitrogens is 1. The molecular weight excluding hydrogens is 350 g/mol. The van der Waals surface area contributed by atoms with Gasteiger partial charge in [-0.15, -0.1) is 0 Å². The molecule has 1 heterocycles. The van der Waals surface area contributed by atoms with E-state index in [0.29, 0.717) is 12.5 Å². The first-order chi connectivity index (χ1) is 12.3. The molecule has 0 fully saturated rings. The van der Waals surface area contributed by atoms with Crippen LogP contribution in [0.2, 0.25) is 0 Å². The fourth-order valence-electron chi connectivity index (χ4n) is 2.47. The molecule has 0 aliphatic carbocycles. The van der Waals surface area contributed by atoms with E-state index in [9.17, 15) is 13.2 Å². The van der Waals surface area contributed by atoms with Crippen LogP contribution in [0.5, 0.6) is 0 Å². The Kier molecular flexibility index (Phi) is 6.88. The van der Waals surface area contributed by atoms with E-state index >= 15 is 0 Å². The van der Waals surface area contributed by atoms with Gasteiger partial charge in [0.2, 0.25) is 15.9 Å². The molecule has 6 nitrogen and oxygen atoms in total. The number of hydrogen-bond donors (Lipinski definition) is 1. The van der Waals surface area contributed by atoms with Gasteiger partial charge in [0.25, 0.3) is 0 Å². The van der Waals surface area contributed by atoms with Crippen molar-refractivity contribution in [3.63, 3.8) is 0 Å². The first-order valence-electron chi connectivity index (χ1n) is 8.54. The summed E-state index contributed by atoms with van der Waals surface area (Å²) in [5, 5.41) is 0. The molecule has 0 saturated heterocycles. The van der Waals surface area contributed by atoms with Crippen molar-refractivity contribution < 1.29 is 13.2 Å². The zero-order valence-corrected chi connectivity index (χ0v) is 16.2. The molecule has 0 unspecified atom stereocenters. The predicted molar refractivity (Wildman–Crippen MR) is 101 cm³/mol. The predicted octanol–water partition coefficient (Wildman–Crippen LogP) is 2.53. The number of rotatable bonds is 8. The molecule has 0 saturated carbocycles. The van der Waals surface area contributed by atoms with Gasteiger partial charge in [0.15, 0.2) is 0 Å². The van der Waals surface area contributed by atoms with Crippen molar-refractivity contribution in [2.45, 2.75) is 38.1 Å². The molecule has 1 amide bonds. The van der Waals surface area contributed by atoms with Crippen LogP contribution < -0.4 is 4.72 Å². The Balaban J connectivity index is 1.96. The number of pyridine rings is 1. The summed E-state index contributed by atoms with van der Waals surface area (Å²) in [5.41, 5.74) is 1.84. The lowest BCUT2D eigenvalue weighted by Gasteiger charge is -2.21. The number of carbonyl (C=O) groups excluding carboxylic acids is 1. The molecule has 1 aromatic heterocycles. The number of nitrogens with zero attached hydrogens (tertiary/aromatic N) is 2. The summed E-state index contributed by atoms with van der Waals surface area (Å²) in [5.74, 6) is 0.214. The molecule has 1 aromatic carbocycles. The van der Waals surface area contributed by atoms with E-state index in [1.54, 1.807) is 29.3 Å². The summed E-state index contributed by atoms with van der Waals surface area (Å²) >= 11 is 0. The van der Waals surface area contributed by atoms with Crippen LogP contribution in [-0.2, 0) is 21.4 Å². The Bertz CT molecular complexity index is 819. The Labute approximate surface area is 155 Å². The molecule has 0 spiro atoms. The van der Waals surface area contributed by atoms with Crippen LogP contribution in [-0.4, -0.2) is 37.3 Å². The standard InChI is InChI=1S/C19H25N3O3S/c1-15(2)17-7-9-19(10-8-17)26(24,25)21-12-13-22(16(3)23)14-18-6-4-5-11-20-18/h4-11,15,21H,12-14H2,1-3H3. The number of nitrogens with one attached hydrogen (secondary N) is 1. The second-order valence-corrected chi connectivity index (χ2v) is 8.15. The van der Waals surface area contributed by atoms with Crippen molar-refractivity contribution in [2.75, 3.05) is 13.1 Å². The molecule has 140 valence electrons. The Morgan fingerprint density at radius 2 is 1.85 bits per heavy atom. The van der Waals surface area contributed by atoms with Crippen LogP contribution in [0.4, 0.5) is 0 Å². The number of amides is 1. The lowest BCUT2D eigenvalue weighted by atomic mass is 10.0. The molecule has 0 aliphatic rings. The van der Waals surface area contributed by atoms with Gasteiger partial charge in [0.05, 0.1) is 17.1 Å². The third-order valence-electron chi connectivity index (χ3n) is 4.06. The van der Waals surface area contributed by atoms with Crippen LogP contribution in [0.1, 0.15) is 37.9 Å². The molecule has 2 rings (SSSR count). The number of carbonyl (C=O) groups is 1. The quantitative estimate of drug-likeness (QED) is 0.769. The van der Waals surface area contributed by atoms with Crippen LogP contribution >= 0.6 is 0 Å². The first-order valence-corrected chi connectivity index (χ1v) is 10.0. The highest BCUT2D eigenvalue weighted by Gasteiger charge is 2.16. The molecule has 0 radical (unpaired) electrons. The summed E-state index contributed by atoms with van der Waals surface area (Å²) in [4.78, 5) is 17.8. The van der Waals surface area contributed by atoms with Crippen LogP contribution in [0.25, 0.3) is 0 Å². The van der Waals surface area contributed by atoms with Gasteiger partial charge < -0.3 is 4.90 Å². The van der Waals surface area contributed by atoms with Crippen LogP contribution in [0.15, 0.2) is 53.6 Å². The normalized spacial score (nSPS) is 11.5. The minimum Gasteiger partial charge on any atom is -0.336 e. The highest BCUT2D eigenvalue weighted by Crippen LogP contribution is 2.17. The molecule has 7 heteroatoms. The van der Waals surface area contributed by atoms with Gasteiger partial charge in [0, 0.05) is 26.2 Å².